The monoisotopic (exact) mass is 679 g/mol. The SMILES string of the molecule is c1ccc(-c2cc(-c3cccc4c3sc3c4ccc4c3c3ccccc3n4-c3ccccc3)nc(-c3cc4ccccc4c4ccccc34)n2)cc1. The van der Waals surface area contributed by atoms with Crippen LogP contribution >= 0.6 is 11.3 Å². The molecule has 0 radical (unpaired) electrons. The number of rotatable bonds is 4. The van der Waals surface area contributed by atoms with Crippen LogP contribution in [0.3, 0.4) is 0 Å². The third kappa shape index (κ3) is 4.38. The number of hydrogen-bond acceptors (Lipinski definition) is 3. The average Bonchev–Trinajstić information content (AvgIpc) is 3.77. The van der Waals surface area contributed by atoms with Gasteiger partial charge in [0.1, 0.15) is 0 Å². The molecule has 0 fully saturated rings. The van der Waals surface area contributed by atoms with Gasteiger partial charge in [-0.2, -0.15) is 0 Å². The Kier molecular flexibility index (Phi) is 6.42. The molecule has 0 atom stereocenters. The van der Waals surface area contributed by atoms with Crippen LogP contribution in [0.2, 0.25) is 0 Å². The third-order valence-electron chi connectivity index (χ3n) is 10.4. The van der Waals surface area contributed by atoms with Crippen molar-refractivity contribution in [1.82, 2.24) is 14.5 Å². The minimum absolute atomic E-state index is 0.727. The molecule has 0 aliphatic heterocycles. The van der Waals surface area contributed by atoms with Crippen LogP contribution < -0.4 is 0 Å². The van der Waals surface area contributed by atoms with Crippen molar-refractivity contribution in [2.24, 2.45) is 0 Å². The summed E-state index contributed by atoms with van der Waals surface area (Å²) in [7, 11) is 0. The lowest BCUT2D eigenvalue weighted by Crippen LogP contribution is -1.97. The van der Waals surface area contributed by atoms with Crippen molar-refractivity contribution in [3.63, 3.8) is 0 Å². The number of thiophene rings is 1. The van der Waals surface area contributed by atoms with Gasteiger partial charge in [-0.1, -0.05) is 140 Å². The van der Waals surface area contributed by atoms with Crippen LogP contribution in [0, 0.1) is 0 Å². The highest BCUT2D eigenvalue weighted by Gasteiger charge is 2.20. The second-order valence-corrected chi connectivity index (χ2v) is 14.3. The molecule has 0 saturated carbocycles. The Morgan fingerprint density at radius 2 is 1.06 bits per heavy atom. The van der Waals surface area contributed by atoms with Crippen LogP contribution in [0.1, 0.15) is 0 Å². The van der Waals surface area contributed by atoms with Crippen molar-refractivity contribution in [1.29, 1.82) is 0 Å². The maximum Gasteiger partial charge on any atom is 0.161 e. The summed E-state index contributed by atoms with van der Waals surface area (Å²) < 4.78 is 4.92. The molecule has 4 heteroatoms. The maximum absolute atomic E-state index is 5.42. The van der Waals surface area contributed by atoms with Crippen molar-refractivity contribution in [2.75, 3.05) is 0 Å². The summed E-state index contributed by atoms with van der Waals surface area (Å²) >= 11 is 1.87. The van der Waals surface area contributed by atoms with Crippen LogP contribution in [0.25, 0.3) is 103 Å². The van der Waals surface area contributed by atoms with E-state index in [2.05, 4.69) is 180 Å². The minimum Gasteiger partial charge on any atom is -0.309 e. The Labute approximate surface area is 303 Å². The van der Waals surface area contributed by atoms with Crippen LogP contribution in [0.5, 0.6) is 0 Å². The van der Waals surface area contributed by atoms with Crippen LogP contribution in [-0.4, -0.2) is 14.5 Å². The van der Waals surface area contributed by atoms with Crippen LogP contribution in [-0.2, 0) is 0 Å². The predicted octanol–water partition coefficient (Wildman–Crippen LogP) is 13.2. The Morgan fingerprint density at radius 1 is 0.404 bits per heavy atom. The van der Waals surface area contributed by atoms with Crippen LogP contribution in [0.15, 0.2) is 176 Å². The number of para-hydroxylation sites is 2. The summed E-state index contributed by atoms with van der Waals surface area (Å²) in [5.41, 5.74) is 8.63. The zero-order chi connectivity index (χ0) is 34.2. The van der Waals surface area contributed by atoms with Gasteiger partial charge in [-0.25, -0.2) is 9.97 Å². The molecule has 0 bridgehead atoms. The molecule has 11 rings (SSSR count). The second-order valence-electron chi connectivity index (χ2n) is 13.3. The minimum atomic E-state index is 0.727. The molecule has 0 spiro atoms. The Morgan fingerprint density at radius 3 is 1.90 bits per heavy atom. The average molecular weight is 680 g/mol. The van der Waals surface area contributed by atoms with E-state index in [9.17, 15) is 0 Å². The van der Waals surface area contributed by atoms with Gasteiger partial charge in [-0.3, -0.25) is 0 Å². The lowest BCUT2D eigenvalue weighted by atomic mass is 9.96. The fourth-order valence-electron chi connectivity index (χ4n) is 8.07. The molecule has 0 unspecified atom stereocenters. The first-order valence-electron chi connectivity index (χ1n) is 17.6. The van der Waals surface area contributed by atoms with E-state index in [1.165, 1.54) is 58.1 Å². The topological polar surface area (TPSA) is 30.7 Å². The molecule has 52 heavy (non-hydrogen) atoms. The van der Waals surface area contributed by atoms with E-state index >= 15 is 0 Å². The van der Waals surface area contributed by atoms with Gasteiger partial charge in [0, 0.05) is 53.3 Å². The Bertz CT molecular complexity index is 3180. The molecule has 8 aromatic carbocycles. The molecule has 3 aromatic heterocycles. The van der Waals surface area contributed by atoms with Gasteiger partial charge >= 0.3 is 0 Å². The van der Waals surface area contributed by atoms with E-state index < -0.39 is 0 Å². The molecule has 11 aromatic rings. The largest absolute Gasteiger partial charge is 0.309 e. The molecular weight excluding hydrogens is 651 g/mol. The fourth-order valence-corrected chi connectivity index (χ4v) is 9.45. The van der Waals surface area contributed by atoms with E-state index in [0.29, 0.717) is 0 Å². The molecule has 0 N–H and O–H groups in total. The van der Waals surface area contributed by atoms with Crippen molar-refractivity contribution < 1.29 is 0 Å². The first-order chi connectivity index (χ1) is 25.8. The standard InChI is InChI=1S/C48H29N3S/c1-3-14-30(15-4-1)41-29-42(50-48(49-41)40-28-31-16-7-8-19-33(31)34-20-9-10-21-35(34)40)38-24-13-23-36-37-26-27-44-45(47(37)52-46(36)38)39-22-11-12-25-43(39)51(44)32-17-5-2-6-18-32/h1-29H. The molecule has 0 saturated heterocycles. The van der Waals surface area contributed by atoms with E-state index in [1.54, 1.807) is 0 Å². The summed E-state index contributed by atoms with van der Waals surface area (Å²) in [4.78, 5) is 10.7. The zero-order valence-electron chi connectivity index (χ0n) is 28.0. The highest BCUT2D eigenvalue weighted by molar-refractivity contribution is 7.27. The number of hydrogen-bond donors (Lipinski definition) is 0. The third-order valence-corrected chi connectivity index (χ3v) is 11.7. The molecule has 3 nitrogen and oxygen atoms in total. The van der Waals surface area contributed by atoms with E-state index in [4.69, 9.17) is 9.97 Å². The summed E-state index contributed by atoms with van der Waals surface area (Å²) in [6.07, 6.45) is 0. The molecule has 3 heterocycles. The number of aromatic nitrogens is 3. The van der Waals surface area contributed by atoms with Gasteiger partial charge in [-0.15, -0.1) is 11.3 Å². The quantitative estimate of drug-likeness (QED) is 0.173. The number of fused-ring (bicyclic) bond motifs is 10. The van der Waals surface area contributed by atoms with Gasteiger partial charge < -0.3 is 4.57 Å². The first kappa shape index (κ1) is 29.1. The van der Waals surface area contributed by atoms with Gasteiger partial charge in [-0.05, 0) is 57.9 Å². The van der Waals surface area contributed by atoms with Crippen molar-refractivity contribution in [3.05, 3.63) is 176 Å². The lowest BCUT2D eigenvalue weighted by Gasteiger charge is -2.13. The highest BCUT2D eigenvalue weighted by Crippen LogP contribution is 2.46. The molecule has 0 amide bonds. The number of nitrogens with zero attached hydrogens (tertiary/aromatic N) is 3. The summed E-state index contributed by atoms with van der Waals surface area (Å²) in [6, 6.07) is 62.8. The second kappa shape index (κ2) is 11.5. The first-order valence-corrected chi connectivity index (χ1v) is 18.4. The van der Waals surface area contributed by atoms with Crippen molar-refractivity contribution in [2.45, 2.75) is 0 Å². The van der Waals surface area contributed by atoms with Crippen molar-refractivity contribution >= 4 is 74.9 Å². The van der Waals surface area contributed by atoms with E-state index in [-0.39, 0.29) is 0 Å². The summed E-state index contributed by atoms with van der Waals surface area (Å²) in [5.74, 6) is 0.727. The Balaban J connectivity index is 1.20. The predicted molar refractivity (Wildman–Crippen MR) is 221 cm³/mol. The summed E-state index contributed by atoms with van der Waals surface area (Å²) in [5, 5.41) is 9.83. The normalized spacial score (nSPS) is 11.8. The Hall–Kier alpha value is -6.62. The fraction of sp³-hybridized carbons (Fsp3) is 0. The van der Waals surface area contributed by atoms with Gasteiger partial charge in [0.2, 0.25) is 0 Å². The molecule has 0 aliphatic rings. The van der Waals surface area contributed by atoms with Crippen molar-refractivity contribution in [3.8, 4) is 39.6 Å². The zero-order valence-corrected chi connectivity index (χ0v) is 28.8. The van der Waals surface area contributed by atoms with Crippen LogP contribution in [0.4, 0.5) is 0 Å². The summed E-state index contributed by atoms with van der Waals surface area (Å²) in [6.45, 7) is 0. The number of benzene rings is 8. The van der Waals surface area contributed by atoms with Gasteiger partial charge in [0.25, 0.3) is 0 Å². The van der Waals surface area contributed by atoms with E-state index in [1.807, 2.05) is 11.3 Å². The molecule has 242 valence electrons. The highest BCUT2D eigenvalue weighted by atomic mass is 32.1. The maximum atomic E-state index is 5.42. The lowest BCUT2D eigenvalue weighted by molar-refractivity contribution is 1.18. The van der Waals surface area contributed by atoms with Gasteiger partial charge in [0.15, 0.2) is 5.82 Å². The van der Waals surface area contributed by atoms with E-state index in [0.717, 1.165) is 45.0 Å². The van der Waals surface area contributed by atoms with Gasteiger partial charge in [0.05, 0.1) is 22.4 Å². The smallest absolute Gasteiger partial charge is 0.161 e. The molecule has 0 aliphatic carbocycles. The molecular formula is C48H29N3S.